The molecule has 0 fully saturated rings. The van der Waals surface area contributed by atoms with Gasteiger partial charge in [0.15, 0.2) is 0 Å². The highest BCUT2D eigenvalue weighted by Crippen LogP contribution is 2.39. The molecule has 2 aliphatic heterocycles. The summed E-state index contributed by atoms with van der Waals surface area (Å²) in [5.74, 6) is 1.22. The van der Waals surface area contributed by atoms with Gasteiger partial charge in [0.25, 0.3) is 0 Å². The lowest BCUT2D eigenvalue weighted by Gasteiger charge is -2.11. The Kier molecular flexibility index (Phi) is 6.50. The van der Waals surface area contributed by atoms with Crippen molar-refractivity contribution in [2.45, 2.75) is 38.8 Å². The Labute approximate surface area is 284 Å². The molecule has 240 valence electrons. The van der Waals surface area contributed by atoms with Crippen LogP contribution in [0.3, 0.4) is 0 Å². The van der Waals surface area contributed by atoms with E-state index < -0.39 is 0 Å². The van der Waals surface area contributed by atoms with E-state index in [1.807, 2.05) is 24.5 Å². The molecule has 0 saturated heterocycles. The second-order valence-electron chi connectivity index (χ2n) is 14.2. The second kappa shape index (κ2) is 10.9. The molecule has 4 aromatic carbocycles. The van der Waals surface area contributed by atoms with Crippen LogP contribution in [0.15, 0.2) is 126 Å². The fourth-order valence-corrected chi connectivity index (χ4v) is 6.85. The predicted octanol–water partition coefficient (Wildman–Crippen LogP) is 9.17. The normalized spacial score (nSPS) is 16.5. The van der Waals surface area contributed by atoms with Crippen molar-refractivity contribution in [3.63, 3.8) is 0 Å². The van der Waals surface area contributed by atoms with E-state index in [1.54, 1.807) is 0 Å². The first-order valence-corrected chi connectivity index (χ1v) is 16.7. The summed E-state index contributed by atoms with van der Waals surface area (Å²) >= 11 is 0. The zero-order chi connectivity index (χ0) is 33.3. The Morgan fingerprint density at radius 2 is 1.10 bits per heavy atom. The maximum Gasteiger partial charge on any atom is 0.236 e. The molecule has 0 atom stereocenters. The van der Waals surface area contributed by atoms with Gasteiger partial charge < -0.3 is 14.0 Å². The van der Waals surface area contributed by atoms with E-state index in [0.717, 1.165) is 44.8 Å². The quantitative estimate of drug-likeness (QED) is 0.188. The van der Waals surface area contributed by atoms with Crippen LogP contribution in [0.4, 0.5) is 0 Å². The van der Waals surface area contributed by atoms with Gasteiger partial charge in [-0.3, -0.25) is 9.97 Å². The molecule has 49 heavy (non-hydrogen) atoms. The van der Waals surface area contributed by atoms with Crippen LogP contribution in [0.1, 0.15) is 39.1 Å². The number of hydrogen-bond donors (Lipinski definition) is 0. The minimum atomic E-state index is -0.224. The van der Waals surface area contributed by atoms with Crippen LogP contribution in [0, 0.1) is 0 Å². The van der Waals surface area contributed by atoms with Gasteiger partial charge in [-0.15, -0.1) is 0 Å². The van der Waals surface area contributed by atoms with Crippen LogP contribution < -0.4 is 0 Å². The average Bonchev–Trinajstić information content (AvgIpc) is 3.79. The monoisotopic (exact) mass is 641 g/mol. The number of aliphatic imine (C=N–C) groups is 2. The molecular weight excluding hydrogens is 606 g/mol. The van der Waals surface area contributed by atoms with Gasteiger partial charge in [-0.05, 0) is 80.6 Å². The Hall–Kier alpha value is -5.82. The molecule has 0 unspecified atom stereocenters. The zero-order valence-corrected chi connectivity index (χ0v) is 27.9. The average molecular weight is 642 g/mol. The number of hydrogen-bond acceptors (Lipinski definition) is 6. The van der Waals surface area contributed by atoms with E-state index in [4.69, 9.17) is 19.4 Å². The van der Waals surface area contributed by atoms with Crippen molar-refractivity contribution in [3.05, 3.63) is 127 Å². The molecule has 2 aliphatic rings. The third-order valence-electron chi connectivity index (χ3n) is 9.32. The smallest absolute Gasteiger partial charge is 0.236 e. The number of rotatable bonds is 5. The summed E-state index contributed by atoms with van der Waals surface area (Å²) in [6.45, 7) is 9.40. The molecule has 0 bridgehead atoms. The van der Waals surface area contributed by atoms with Gasteiger partial charge in [0.1, 0.15) is 24.6 Å². The van der Waals surface area contributed by atoms with Crippen LogP contribution in [0.2, 0.25) is 0 Å². The SMILES string of the molecule is CC1(C)COC(c2ccc(-c3ccc4c(ccc5c6ccc(-c7ccc(C8=NC(C)(C)CO8)nc7)cc6n(-c6ccccc6)c45)c3)cn2)=N1. The third-order valence-corrected chi connectivity index (χ3v) is 9.32. The van der Waals surface area contributed by atoms with Crippen LogP contribution in [-0.4, -0.2) is 50.6 Å². The number of benzene rings is 4. The molecule has 0 saturated carbocycles. The first kappa shape index (κ1) is 29.3. The predicted molar refractivity (Wildman–Crippen MR) is 198 cm³/mol. The Balaban J connectivity index is 1.14. The maximum atomic E-state index is 5.83. The van der Waals surface area contributed by atoms with Crippen molar-refractivity contribution in [1.29, 1.82) is 0 Å². The minimum absolute atomic E-state index is 0.218. The largest absolute Gasteiger partial charge is 0.474 e. The fourth-order valence-electron chi connectivity index (χ4n) is 6.85. The summed E-state index contributed by atoms with van der Waals surface area (Å²) in [6.07, 6.45) is 3.82. The topological polar surface area (TPSA) is 73.9 Å². The number of aromatic nitrogens is 3. The Bertz CT molecular complexity index is 2470. The summed E-state index contributed by atoms with van der Waals surface area (Å²) in [4.78, 5) is 18.8. The lowest BCUT2D eigenvalue weighted by Crippen LogP contribution is -2.17. The fraction of sp³-hybridized carbons (Fsp3) is 0.190. The molecular formula is C42H35N5O2. The third kappa shape index (κ3) is 5.13. The van der Waals surface area contributed by atoms with Crippen LogP contribution in [0.25, 0.3) is 60.5 Å². The molecule has 3 aromatic heterocycles. The van der Waals surface area contributed by atoms with E-state index in [9.17, 15) is 0 Å². The lowest BCUT2D eigenvalue weighted by molar-refractivity contribution is 0.279. The molecule has 9 rings (SSSR count). The Morgan fingerprint density at radius 1 is 0.551 bits per heavy atom. The molecule has 7 heteroatoms. The highest BCUT2D eigenvalue weighted by Gasteiger charge is 2.28. The summed E-state index contributed by atoms with van der Waals surface area (Å²) < 4.78 is 14.0. The number of pyridine rings is 2. The summed E-state index contributed by atoms with van der Waals surface area (Å²) in [5, 5.41) is 4.77. The van der Waals surface area contributed by atoms with Crippen molar-refractivity contribution in [1.82, 2.24) is 14.5 Å². The first-order chi connectivity index (χ1) is 23.7. The van der Waals surface area contributed by atoms with E-state index >= 15 is 0 Å². The number of nitrogens with zero attached hydrogens (tertiary/aromatic N) is 5. The van der Waals surface area contributed by atoms with E-state index in [1.165, 1.54) is 27.1 Å². The highest BCUT2D eigenvalue weighted by molar-refractivity contribution is 6.19. The molecule has 7 aromatic rings. The van der Waals surface area contributed by atoms with Gasteiger partial charge in [0.05, 0.1) is 22.1 Å². The standard InChI is InChI=1S/C42H35N5O2/c1-41(2)24-48-39(45-41)35-18-13-29(22-43-35)26-10-15-32-28(20-26)12-17-34-33-16-11-27(21-37(33)47(38(32)34)31-8-6-5-7-9-31)30-14-19-36(44-23-30)40-46-42(3,4)25-49-40/h5-23H,24-25H2,1-4H3. The van der Waals surface area contributed by atoms with Gasteiger partial charge >= 0.3 is 0 Å². The molecule has 7 nitrogen and oxygen atoms in total. The summed E-state index contributed by atoms with van der Waals surface area (Å²) in [6, 6.07) is 36.6. The van der Waals surface area contributed by atoms with Crippen molar-refractivity contribution in [2.24, 2.45) is 9.98 Å². The zero-order valence-electron chi connectivity index (χ0n) is 27.9. The molecule has 5 heterocycles. The van der Waals surface area contributed by atoms with Crippen molar-refractivity contribution in [3.8, 4) is 27.9 Å². The maximum absolute atomic E-state index is 5.83. The van der Waals surface area contributed by atoms with Crippen LogP contribution in [0.5, 0.6) is 0 Å². The molecule has 0 N–H and O–H groups in total. The minimum Gasteiger partial charge on any atom is -0.474 e. The summed E-state index contributed by atoms with van der Waals surface area (Å²) in [5.41, 5.74) is 8.81. The van der Waals surface area contributed by atoms with Crippen molar-refractivity contribution < 1.29 is 9.47 Å². The number of ether oxygens (including phenoxy) is 2. The van der Waals surface area contributed by atoms with Crippen molar-refractivity contribution >= 4 is 44.4 Å². The second-order valence-corrected chi connectivity index (χ2v) is 14.2. The van der Waals surface area contributed by atoms with Gasteiger partial charge in [-0.2, -0.15) is 0 Å². The molecule has 0 amide bonds. The first-order valence-electron chi connectivity index (χ1n) is 16.7. The van der Waals surface area contributed by atoms with E-state index in [-0.39, 0.29) is 11.1 Å². The number of para-hydroxylation sites is 1. The van der Waals surface area contributed by atoms with Gasteiger partial charge in [-0.1, -0.05) is 66.7 Å². The van der Waals surface area contributed by atoms with Gasteiger partial charge in [-0.25, -0.2) is 9.98 Å². The number of fused-ring (bicyclic) bond motifs is 5. The molecule has 0 aliphatic carbocycles. The van der Waals surface area contributed by atoms with E-state index in [0.29, 0.717) is 25.0 Å². The van der Waals surface area contributed by atoms with Crippen molar-refractivity contribution in [2.75, 3.05) is 13.2 Å². The Morgan fingerprint density at radius 3 is 1.65 bits per heavy atom. The van der Waals surface area contributed by atoms with Gasteiger partial charge in [0.2, 0.25) is 11.8 Å². The molecule has 0 radical (unpaired) electrons. The van der Waals surface area contributed by atoms with E-state index in [2.05, 4.69) is 133 Å². The van der Waals surface area contributed by atoms with Crippen LogP contribution >= 0.6 is 0 Å². The summed E-state index contributed by atoms with van der Waals surface area (Å²) in [7, 11) is 0. The highest BCUT2D eigenvalue weighted by atomic mass is 16.5. The lowest BCUT2D eigenvalue weighted by atomic mass is 9.99. The van der Waals surface area contributed by atoms with Gasteiger partial charge in [0, 0.05) is 45.4 Å². The van der Waals surface area contributed by atoms with Crippen LogP contribution in [-0.2, 0) is 9.47 Å². The molecule has 0 spiro atoms.